The Morgan fingerprint density at radius 1 is 1.36 bits per heavy atom. The number of carbonyl (C=O) groups excluding carboxylic acids is 3. The van der Waals surface area contributed by atoms with Gasteiger partial charge in [-0.25, -0.2) is 4.79 Å². The van der Waals surface area contributed by atoms with Crippen LogP contribution < -0.4 is 0 Å². The van der Waals surface area contributed by atoms with Crippen molar-refractivity contribution in [2.45, 2.75) is 72.2 Å². The third-order valence-corrected chi connectivity index (χ3v) is 7.18. The molecule has 0 N–H and O–H groups in total. The van der Waals surface area contributed by atoms with Crippen LogP contribution in [-0.4, -0.2) is 42.6 Å². The number of rotatable bonds is 5. The van der Waals surface area contributed by atoms with Crippen LogP contribution in [0.25, 0.3) is 0 Å². The van der Waals surface area contributed by atoms with Crippen molar-refractivity contribution in [2.75, 3.05) is 6.61 Å². The van der Waals surface area contributed by atoms with E-state index in [1.807, 2.05) is 27.7 Å². The maximum Gasteiger partial charge on any atom is 0.334 e. The first-order chi connectivity index (χ1) is 13.2. The van der Waals surface area contributed by atoms with Crippen molar-refractivity contribution < 1.29 is 28.6 Å². The second-order valence-electron chi connectivity index (χ2n) is 8.80. The molecule has 2 saturated carbocycles. The summed E-state index contributed by atoms with van der Waals surface area (Å²) in [5.74, 6) is -1.59. The molecule has 0 aromatic rings. The molecule has 1 saturated heterocycles. The van der Waals surface area contributed by atoms with E-state index in [4.69, 9.17) is 14.2 Å². The topological polar surface area (TPSA) is 78.9 Å². The molecule has 0 spiro atoms. The Labute approximate surface area is 167 Å². The maximum absolute atomic E-state index is 13.3. The monoisotopic (exact) mass is 392 g/mol. The molecule has 8 atom stereocenters. The fourth-order valence-corrected chi connectivity index (χ4v) is 5.49. The second kappa shape index (κ2) is 7.62. The van der Waals surface area contributed by atoms with Gasteiger partial charge in [0.2, 0.25) is 0 Å². The Hall–Kier alpha value is -1.69. The normalized spacial score (nSPS) is 41.1. The first kappa shape index (κ1) is 21.0. The lowest BCUT2D eigenvalue weighted by Crippen LogP contribution is -2.50. The summed E-state index contributed by atoms with van der Waals surface area (Å²) in [7, 11) is 0. The van der Waals surface area contributed by atoms with Crippen molar-refractivity contribution in [3.8, 4) is 0 Å². The van der Waals surface area contributed by atoms with Crippen LogP contribution in [0.5, 0.6) is 0 Å². The standard InChI is InChI=1S/C22H32O6/c1-7-11(3)20(24)28-19-17-13(5)21(25)27-14(17)9-12(4)18-15(26-8-2)10-16(23)22(18,19)6/h11-12,14-15,17-19H,5,7-10H2,1-4,6H3/t11-,12-,14-,15-,17-,18-,19+,22-/m1/s1. The number of fused-ring (bicyclic) bond motifs is 2. The highest BCUT2D eigenvalue weighted by atomic mass is 16.6. The highest BCUT2D eigenvalue weighted by molar-refractivity contribution is 5.93. The van der Waals surface area contributed by atoms with Crippen LogP contribution in [-0.2, 0) is 28.6 Å². The van der Waals surface area contributed by atoms with Crippen molar-refractivity contribution in [2.24, 2.45) is 29.1 Å². The number of carbonyl (C=O) groups is 3. The van der Waals surface area contributed by atoms with E-state index in [-0.39, 0.29) is 35.6 Å². The molecule has 28 heavy (non-hydrogen) atoms. The van der Waals surface area contributed by atoms with E-state index >= 15 is 0 Å². The van der Waals surface area contributed by atoms with E-state index in [2.05, 4.69) is 13.5 Å². The van der Waals surface area contributed by atoms with Crippen molar-refractivity contribution in [3.05, 3.63) is 12.2 Å². The molecule has 3 rings (SSSR count). The van der Waals surface area contributed by atoms with Crippen molar-refractivity contribution in [1.82, 2.24) is 0 Å². The summed E-state index contributed by atoms with van der Waals surface area (Å²) in [6, 6.07) is 0. The number of hydrogen-bond donors (Lipinski definition) is 0. The number of Topliss-reactive ketones (excluding diaryl/α,β-unsaturated/α-hetero) is 1. The van der Waals surface area contributed by atoms with Gasteiger partial charge in [-0.3, -0.25) is 9.59 Å². The molecule has 0 aromatic carbocycles. The molecule has 2 aliphatic carbocycles. The lowest BCUT2D eigenvalue weighted by atomic mass is 9.67. The Morgan fingerprint density at radius 3 is 2.64 bits per heavy atom. The van der Waals surface area contributed by atoms with Gasteiger partial charge >= 0.3 is 11.9 Å². The zero-order valence-corrected chi connectivity index (χ0v) is 17.5. The number of ether oxygens (including phenoxy) is 3. The van der Waals surface area contributed by atoms with Crippen LogP contribution in [0.4, 0.5) is 0 Å². The van der Waals surface area contributed by atoms with Gasteiger partial charge in [-0.1, -0.05) is 27.4 Å². The molecule has 1 aliphatic heterocycles. The molecular formula is C22H32O6. The lowest BCUT2D eigenvalue weighted by Gasteiger charge is -2.41. The molecule has 0 aromatic heterocycles. The summed E-state index contributed by atoms with van der Waals surface area (Å²) in [6.45, 7) is 14.0. The summed E-state index contributed by atoms with van der Waals surface area (Å²) in [6.07, 6.45) is 0.125. The molecule has 1 heterocycles. The van der Waals surface area contributed by atoms with Crippen LogP contribution in [0.15, 0.2) is 12.2 Å². The fourth-order valence-electron chi connectivity index (χ4n) is 5.49. The summed E-state index contributed by atoms with van der Waals surface area (Å²) in [5, 5.41) is 0. The smallest absolute Gasteiger partial charge is 0.334 e. The van der Waals surface area contributed by atoms with E-state index in [1.165, 1.54) is 0 Å². The van der Waals surface area contributed by atoms with Gasteiger partial charge in [0.25, 0.3) is 0 Å². The third kappa shape index (κ3) is 3.10. The number of esters is 2. The van der Waals surface area contributed by atoms with Crippen LogP contribution in [0.3, 0.4) is 0 Å². The largest absolute Gasteiger partial charge is 0.460 e. The zero-order chi connectivity index (χ0) is 20.8. The van der Waals surface area contributed by atoms with Crippen molar-refractivity contribution >= 4 is 17.7 Å². The fraction of sp³-hybridized carbons (Fsp3) is 0.773. The average Bonchev–Trinajstić information content (AvgIpc) is 3.02. The molecule has 0 bridgehead atoms. The van der Waals surface area contributed by atoms with E-state index in [0.29, 0.717) is 31.4 Å². The van der Waals surface area contributed by atoms with Gasteiger partial charge in [0.15, 0.2) is 0 Å². The number of ketones is 1. The first-order valence-corrected chi connectivity index (χ1v) is 10.4. The van der Waals surface area contributed by atoms with Crippen LogP contribution in [0, 0.1) is 29.1 Å². The van der Waals surface area contributed by atoms with E-state index in [0.717, 1.165) is 0 Å². The lowest BCUT2D eigenvalue weighted by molar-refractivity contribution is -0.170. The summed E-state index contributed by atoms with van der Waals surface area (Å²) < 4.78 is 17.5. The number of hydrogen-bond acceptors (Lipinski definition) is 6. The molecule has 6 nitrogen and oxygen atoms in total. The predicted octanol–water partition coefficient (Wildman–Crippen LogP) is 3.08. The van der Waals surface area contributed by atoms with Crippen LogP contribution >= 0.6 is 0 Å². The molecular weight excluding hydrogens is 360 g/mol. The van der Waals surface area contributed by atoms with Gasteiger partial charge in [-0.05, 0) is 32.6 Å². The molecule has 156 valence electrons. The minimum Gasteiger partial charge on any atom is -0.460 e. The van der Waals surface area contributed by atoms with Crippen molar-refractivity contribution in [3.63, 3.8) is 0 Å². The van der Waals surface area contributed by atoms with Gasteiger partial charge in [-0.15, -0.1) is 0 Å². The Morgan fingerprint density at radius 2 is 2.04 bits per heavy atom. The molecule has 3 aliphatic rings. The summed E-state index contributed by atoms with van der Waals surface area (Å²) in [4.78, 5) is 38.3. The Kier molecular flexibility index (Phi) is 5.72. The van der Waals surface area contributed by atoms with Gasteiger partial charge in [-0.2, -0.15) is 0 Å². The van der Waals surface area contributed by atoms with Gasteiger partial charge in [0.05, 0.1) is 23.4 Å². The molecule has 0 radical (unpaired) electrons. The van der Waals surface area contributed by atoms with Gasteiger partial charge in [0.1, 0.15) is 18.0 Å². The molecule has 6 heteroatoms. The van der Waals surface area contributed by atoms with Crippen molar-refractivity contribution in [1.29, 1.82) is 0 Å². The van der Waals surface area contributed by atoms with E-state index in [9.17, 15) is 14.4 Å². The van der Waals surface area contributed by atoms with Gasteiger partial charge in [0, 0.05) is 24.5 Å². The van der Waals surface area contributed by atoms with Crippen LogP contribution in [0.2, 0.25) is 0 Å². The van der Waals surface area contributed by atoms with Gasteiger partial charge < -0.3 is 14.2 Å². The summed E-state index contributed by atoms with van der Waals surface area (Å²) >= 11 is 0. The molecule has 0 unspecified atom stereocenters. The molecule has 0 amide bonds. The Balaban J connectivity index is 2.08. The molecule has 3 fully saturated rings. The quantitative estimate of drug-likeness (QED) is 0.528. The highest BCUT2D eigenvalue weighted by Crippen LogP contribution is 2.57. The zero-order valence-electron chi connectivity index (χ0n) is 17.5. The predicted molar refractivity (Wildman–Crippen MR) is 102 cm³/mol. The van der Waals surface area contributed by atoms with Crippen LogP contribution in [0.1, 0.15) is 53.9 Å². The highest BCUT2D eigenvalue weighted by Gasteiger charge is 2.66. The SMILES string of the molecule is C=C1C(=O)O[C@@H]2C[C@@H](C)[C@@H]3[C@H](OCC)CC(=O)[C@@]3(C)[C@@H](OC(=O)[C@H](C)CC)[C@H]12. The first-order valence-electron chi connectivity index (χ1n) is 10.4. The summed E-state index contributed by atoms with van der Waals surface area (Å²) in [5.41, 5.74) is -0.632. The third-order valence-electron chi connectivity index (χ3n) is 7.18. The average molecular weight is 392 g/mol. The van der Waals surface area contributed by atoms with E-state index < -0.39 is 29.5 Å². The Bertz CT molecular complexity index is 685. The minimum atomic E-state index is -0.932. The van der Waals surface area contributed by atoms with E-state index in [1.54, 1.807) is 0 Å². The maximum atomic E-state index is 13.3. The minimum absolute atomic E-state index is 0.0255. The second-order valence-corrected chi connectivity index (χ2v) is 8.80.